The van der Waals surface area contributed by atoms with Crippen molar-refractivity contribution in [2.75, 3.05) is 11.9 Å². The first-order valence-electron chi connectivity index (χ1n) is 6.02. The van der Waals surface area contributed by atoms with E-state index in [0.717, 1.165) is 18.4 Å². The van der Waals surface area contributed by atoms with Crippen LogP contribution in [0.5, 0.6) is 0 Å². The maximum absolute atomic E-state index is 11.8. The van der Waals surface area contributed by atoms with Gasteiger partial charge in [-0.15, -0.1) is 0 Å². The molecule has 1 aliphatic rings. The third-order valence-electron chi connectivity index (χ3n) is 3.44. The topological polar surface area (TPSA) is 20.3 Å². The second-order valence-electron chi connectivity index (χ2n) is 4.68. The molecule has 86 valence electrons. The molecule has 0 fully saturated rings. The first-order valence-corrected chi connectivity index (χ1v) is 6.02. The summed E-state index contributed by atoms with van der Waals surface area (Å²) in [6.45, 7) is 4.26. The number of nitrogens with zero attached hydrogens (tertiary/aromatic N) is 1. The standard InChI is InChI=1S/C14H19NO/c1-4-5-14(16)11-6-7-13-12(9-11)8-10(2)15(13)3/h6-7,9-10H,4-5,8H2,1-3H3. The summed E-state index contributed by atoms with van der Waals surface area (Å²) >= 11 is 0. The van der Waals surface area contributed by atoms with Gasteiger partial charge in [-0.2, -0.15) is 0 Å². The predicted molar refractivity (Wildman–Crippen MR) is 67.2 cm³/mol. The zero-order valence-corrected chi connectivity index (χ0v) is 10.3. The third kappa shape index (κ3) is 1.84. The number of Topliss-reactive ketones (excluding diaryl/α,β-unsaturated/α-hetero) is 1. The molecule has 0 spiro atoms. The number of hydrogen-bond acceptors (Lipinski definition) is 2. The normalized spacial score (nSPS) is 18.7. The van der Waals surface area contributed by atoms with E-state index >= 15 is 0 Å². The predicted octanol–water partition coefficient (Wildman–Crippen LogP) is 3.05. The fourth-order valence-corrected chi connectivity index (χ4v) is 2.33. The van der Waals surface area contributed by atoms with Gasteiger partial charge in [-0.05, 0) is 43.5 Å². The molecule has 1 unspecified atom stereocenters. The molecule has 0 aliphatic carbocycles. The maximum Gasteiger partial charge on any atom is 0.162 e. The largest absolute Gasteiger partial charge is 0.371 e. The maximum atomic E-state index is 11.8. The van der Waals surface area contributed by atoms with Crippen molar-refractivity contribution < 1.29 is 4.79 Å². The lowest BCUT2D eigenvalue weighted by Gasteiger charge is -2.18. The van der Waals surface area contributed by atoms with Gasteiger partial charge in [-0.3, -0.25) is 4.79 Å². The molecular formula is C14H19NO. The van der Waals surface area contributed by atoms with E-state index in [1.165, 1.54) is 11.3 Å². The molecule has 0 bridgehead atoms. The van der Waals surface area contributed by atoms with Crippen LogP contribution in [0.15, 0.2) is 18.2 Å². The van der Waals surface area contributed by atoms with Crippen molar-refractivity contribution in [3.63, 3.8) is 0 Å². The first kappa shape index (κ1) is 11.2. The van der Waals surface area contributed by atoms with E-state index in [1.807, 2.05) is 13.0 Å². The average Bonchev–Trinajstić information content (AvgIpc) is 2.55. The Kier molecular flexibility index (Phi) is 2.99. The van der Waals surface area contributed by atoms with E-state index in [2.05, 4.69) is 31.0 Å². The Hall–Kier alpha value is -1.31. The van der Waals surface area contributed by atoms with Crippen molar-refractivity contribution in [3.05, 3.63) is 29.3 Å². The van der Waals surface area contributed by atoms with E-state index in [4.69, 9.17) is 0 Å². The quantitative estimate of drug-likeness (QED) is 0.725. The summed E-state index contributed by atoms with van der Waals surface area (Å²) < 4.78 is 0. The van der Waals surface area contributed by atoms with E-state index in [9.17, 15) is 4.79 Å². The lowest BCUT2D eigenvalue weighted by molar-refractivity contribution is 0.0981. The molecule has 1 aromatic carbocycles. The summed E-state index contributed by atoms with van der Waals surface area (Å²) in [6, 6.07) is 6.67. The number of benzene rings is 1. The van der Waals surface area contributed by atoms with Gasteiger partial charge in [0.15, 0.2) is 5.78 Å². The van der Waals surface area contributed by atoms with Gasteiger partial charge in [0.25, 0.3) is 0 Å². The molecule has 16 heavy (non-hydrogen) atoms. The Labute approximate surface area is 97.3 Å². The van der Waals surface area contributed by atoms with Crippen molar-refractivity contribution in [2.24, 2.45) is 0 Å². The first-order chi connectivity index (χ1) is 7.63. The third-order valence-corrected chi connectivity index (χ3v) is 3.44. The monoisotopic (exact) mass is 217 g/mol. The number of carbonyl (C=O) groups excluding carboxylic acids is 1. The van der Waals surface area contributed by atoms with Crippen LogP contribution in [0.1, 0.15) is 42.6 Å². The summed E-state index contributed by atoms with van der Waals surface area (Å²) in [7, 11) is 2.12. The summed E-state index contributed by atoms with van der Waals surface area (Å²) in [5.41, 5.74) is 3.47. The number of fused-ring (bicyclic) bond motifs is 1. The van der Waals surface area contributed by atoms with Crippen molar-refractivity contribution >= 4 is 11.5 Å². The summed E-state index contributed by atoms with van der Waals surface area (Å²) in [5, 5.41) is 0. The minimum absolute atomic E-state index is 0.271. The van der Waals surface area contributed by atoms with Gasteiger partial charge in [0.1, 0.15) is 0 Å². The van der Waals surface area contributed by atoms with Crippen molar-refractivity contribution in [3.8, 4) is 0 Å². The minimum Gasteiger partial charge on any atom is -0.371 e. The lowest BCUT2D eigenvalue weighted by Crippen LogP contribution is -2.23. The molecule has 0 N–H and O–H groups in total. The smallest absolute Gasteiger partial charge is 0.162 e. The van der Waals surface area contributed by atoms with Crippen LogP contribution in [0, 0.1) is 0 Å². The molecule has 2 rings (SSSR count). The molecule has 1 heterocycles. The molecule has 1 aliphatic heterocycles. The molecule has 0 saturated carbocycles. The number of rotatable bonds is 3. The zero-order valence-electron chi connectivity index (χ0n) is 10.3. The van der Waals surface area contributed by atoms with Crippen molar-refractivity contribution in [2.45, 2.75) is 39.2 Å². The molecule has 2 heteroatoms. The fourth-order valence-electron chi connectivity index (χ4n) is 2.33. The summed E-state index contributed by atoms with van der Waals surface area (Å²) in [5.74, 6) is 0.271. The molecule has 0 saturated heterocycles. The van der Waals surface area contributed by atoms with Crippen LogP contribution in [0.2, 0.25) is 0 Å². The molecule has 2 nitrogen and oxygen atoms in total. The van der Waals surface area contributed by atoms with Crippen LogP contribution in [0.4, 0.5) is 5.69 Å². The van der Waals surface area contributed by atoms with E-state index < -0.39 is 0 Å². The van der Waals surface area contributed by atoms with Gasteiger partial charge in [-0.1, -0.05) is 6.92 Å². The SMILES string of the molecule is CCCC(=O)c1ccc2c(c1)CC(C)N2C. The van der Waals surface area contributed by atoms with Crippen molar-refractivity contribution in [1.82, 2.24) is 0 Å². The van der Waals surface area contributed by atoms with E-state index in [1.54, 1.807) is 0 Å². The highest BCUT2D eigenvalue weighted by Gasteiger charge is 2.23. The Morgan fingerprint density at radius 3 is 2.94 bits per heavy atom. The highest BCUT2D eigenvalue weighted by molar-refractivity contribution is 5.96. The highest BCUT2D eigenvalue weighted by atomic mass is 16.1. The van der Waals surface area contributed by atoms with Crippen LogP contribution in [0.25, 0.3) is 0 Å². The highest BCUT2D eigenvalue weighted by Crippen LogP contribution is 2.31. The van der Waals surface area contributed by atoms with Gasteiger partial charge >= 0.3 is 0 Å². The summed E-state index contributed by atoms with van der Waals surface area (Å²) in [6.07, 6.45) is 2.63. The Balaban J connectivity index is 2.28. The van der Waals surface area contributed by atoms with Crippen LogP contribution in [-0.2, 0) is 6.42 Å². The Morgan fingerprint density at radius 1 is 1.50 bits per heavy atom. The van der Waals surface area contributed by atoms with Gasteiger partial charge in [0.2, 0.25) is 0 Å². The van der Waals surface area contributed by atoms with Gasteiger partial charge in [-0.25, -0.2) is 0 Å². The summed E-state index contributed by atoms with van der Waals surface area (Å²) in [4.78, 5) is 14.1. The fraction of sp³-hybridized carbons (Fsp3) is 0.500. The van der Waals surface area contributed by atoms with E-state index in [0.29, 0.717) is 12.5 Å². The number of anilines is 1. The average molecular weight is 217 g/mol. The molecule has 0 amide bonds. The van der Waals surface area contributed by atoms with E-state index in [-0.39, 0.29) is 5.78 Å². The zero-order chi connectivity index (χ0) is 11.7. The molecule has 0 radical (unpaired) electrons. The van der Waals surface area contributed by atoms with Crippen LogP contribution < -0.4 is 4.90 Å². The van der Waals surface area contributed by atoms with Gasteiger partial charge < -0.3 is 4.90 Å². The Bertz CT molecular complexity index is 411. The minimum atomic E-state index is 0.271. The number of hydrogen-bond donors (Lipinski definition) is 0. The van der Waals surface area contributed by atoms with Crippen LogP contribution in [-0.4, -0.2) is 18.9 Å². The van der Waals surface area contributed by atoms with Gasteiger partial charge in [0, 0.05) is 30.8 Å². The molecule has 0 aromatic heterocycles. The molecule has 1 atom stereocenters. The van der Waals surface area contributed by atoms with Crippen LogP contribution in [0.3, 0.4) is 0 Å². The number of ketones is 1. The van der Waals surface area contributed by atoms with Crippen molar-refractivity contribution in [1.29, 1.82) is 0 Å². The molecular weight excluding hydrogens is 198 g/mol. The number of carbonyl (C=O) groups is 1. The number of likely N-dealkylation sites (N-methyl/N-ethyl adjacent to an activating group) is 1. The lowest BCUT2D eigenvalue weighted by atomic mass is 10.0. The molecule has 1 aromatic rings. The second-order valence-corrected chi connectivity index (χ2v) is 4.68. The van der Waals surface area contributed by atoms with Gasteiger partial charge in [0.05, 0.1) is 0 Å². The Morgan fingerprint density at radius 2 is 2.25 bits per heavy atom. The second kappa shape index (κ2) is 4.28. The van der Waals surface area contributed by atoms with Crippen LogP contribution >= 0.6 is 0 Å².